The van der Waals surface area contributed by atoms with E-state index < -0.39 is 0 Å². The summed E-state index contributed by atoms with van der Waals surface area (Å²) in [5.41, 5.74) is 4.90. The first-order valence-electron chi connectivity index (χ1n) is 5.98. The molecule has 0 atom stereocenters. The minimum atomic E-state index is 1.13. The van der Waals surface area contributed by atoms with Crippen LogP contribution in [0.1, 0.15) is 5.56 Å². The lowest BCUT2D eigenvalue weighted by Crippen LogP contribution is -1.89. The van der Waals surface area contributed by atoms with Crippen molar-refractivity contribution in [1.29, 1.82) is 0 Å². The Morgan fingerprint density at radius 2 is 1.44 bits per heavy atom. The Morgan fingerprint density at radius 3 is 2.00 bits per heavy atom. The molecule has 2 nitrogen and oxygen atoms in total. The van der Waals surface area contributed by atoms with E-state index in [9.17, 15) is 0 Å². The summed E-state index contributed by atoms with van der Waals surface area (Å²) in [6.07, 6.45) is 5.54. The first-order valence-corrected chi connectivity index (χ1v) is 5.98. The summed E-state index contributed by atoms with van der Waals surface area (Å²) in [6, 6.07) is 17.1. The van der Waals surface area contributed by atoms with E-state index in [1.54, 1.807) is 12.5 Å². The van der Waals surface area contributed by atoms with Crippen molar-refractivity contribution in [2.45, 2.75) is 6.92 Å². The highest BCUT2D eigenvalue weighted by atomic mass is 15.0. The molecule has 0 saturated heterocycles. The van der Waals surface area contributed by atoms with Gasteiger partial charge < -0.3 is 4.57 Å². The molecule has 0 unspecified atom stereocenters. The van der Waals surface area contributed by atoms with Crippen LogP contribution in [0.4, 0.5) is 0 Å². The van der Waals surface area contributed by atoms with Gasteiger partial charge in [-0.1, -0.05) is 42.0 Å². The van der Waals surface area contributed by atoms with Crippen molar-refractivity contribution in [2.24, 2.45) is 0 Å². The maximum Gasteiger partial charge on any atom is 0.0991 e. The molecule has 0 saturated carbocycles. The summed E-state index contributed by atoms with van der Waals surface area (Å²) in [6.45, 7) is 2.10. The van der Waals surface area contributed by atoms with E-state index >= 15 is 0 Å². The Labute approximate surface area is 107 Å². The van der Waals surface area contributed by atoms with Crippen LogP contribution < -0.4 is 0 Å². The number of nitrogens with zero attached hydrogens (tertiary/aromatic N) is 2. The van der Waals surface area contributed by atoms with Gasteiger partial charge in [-0.05, 0) is 30.2 Å². The molecule has 2 heteroatoms. The molecule has 0 aliphatic rings. The average Bonchev–Trinajstić information content (AvgIpc) is 2.94. The number of rotatable bonds is 2. The van der Waals surface area contributed by atoms with Gasteiger partial charge in [-0.25, -0.2) is 4.98 Å². The highest BCUT2D eigenvalue weighted by molar-refractivity contribution is 5.64. The molecule has 88 valence electrons. The number of aromatic nitrogens is 2. The van der Waals surface area contributed by atoms with Gasteiger partial charge in [-0.2, -0.15) is 0 Å². The predicted molar refractivity (Wildman–Crippen MR) is 73.7 cm³/mol. The van der Waals surface area contributed by atoms with Gasteiger partial charge in [-0.3, -0.25) is 0 Å². The summed E-state index contributed by atoms with van der Waals surface area (Å²) >= 11 is 0. The van der Waals surface area contributed by atoms with Gasteiger partial charge in [0.25, 0.3) is 0 Å². The van der Waals surface area contributed by atoms with E-state index in [-0.39, 0.29) is 0 Å². The molecule has 0 amide bonds. The Balaban J connectivity index is 1.94. The van der Waals surface area contributed by atoms with Gasteiger partial charge in [0.05, 0.1) is 6.33 Å². The van der Waals surface area contributed by atoms with Gasteiger partial charge in [0, 0.05) is 18.1 Å². The summed E-state index contributed by atoms with van der Waals surface area (Å²) in [5.74, 6) is 0. The second-order valence-electron chi connectivity index (χ2n) is 4.38. The van der Waals surface area contributed by atoms with Crippen molar-refractivity contribution in [2.75, 3.05) is 0 Å². The van der Waals surface area contributed by atoms with E-state index in [2.05, 4.69) is 60.4 Å². The summed E-state index contributed by atoms with van der Waals surface area (Å²) < 4.78 is 2.00. The molecule has 3 aromatic rings. The molecule has 0 fully saturated rings. The second kappa shape index (κ2) is 4.49. The molecule has 0 N–H and O–H groups in total. The zero-order chi connectivity index (χ0) is 12.4. The van der Waals surface area contributed by atoms with Crippen LogP contribution in [0.25, 0.3) is 16.8 Å². The van der Waals surface area contributed by atoms with E-state index in [1.165, 1.54) is 16.7 Å². The molecule has 0 bridgehead atoms. The van der Waals surface area contributed by atoms with Crippen molar-refractivity contribution in [1.82, 2.24) is 9.55 Å². The zero-order valence-corrected chi connectivity index (χ0v) is 10.2. The maximum atomic E-state index is 4.05. The maximum absolute atomic E-state index is 4.05. The highest BCUT2D eigenvalue weighted by Gasteiger charge is 1.99. The Kier molecular flexibility index (Phi) is 2.69. The quantitative estimate of drug-likeness (QED) is 0.658. The van der Waals surface area contributed by atoms with Gasteiger partial charge in [0.1, 0.15) is 0 Å². The molecule has 0 spiro atoms. The van der Waals surface area contributed by atoms with E-state index in [1.807, 2.05) is 10.8 Å². The standard InChI is InChI=1S/C16H14N2/c1-13-2-4-14(5-3-13)15-6-8-16(9-7-15)18-11-10-17-12-18/h2-12H,1H3. The van der Waals surface area contributed by atoms with Crippen LogP contribution in [-0.2, 0) is 0 Å². The minimum absolute atomic E-state index is 1.13. The highest BCUT2D eigenvalue weighted by Crippen LogP contribution is 2.21. The molecule has 0 aliphatic heterocycles. The number of hydrogen-bond acceptors (Lipinski definition) is 1. The van der Waals surface area contributed by atoms with Crippen LogP contribution in [0.3, 0.4) is 0 Å². The van der Waals surface area contributed by atoms with Gasteiger partial charge in [-0.15, -0.1) is 0 Å². The van der Waals surface area contributed by atoms with Crippen molar-refractivity contribution >= 4 is 0 Å². The fourth-order valence-electron chi connectivity index (χ4n) is 1.98. The molecule has 1 heterocycles. The molecule has 18 heavy (non-hydrogen) atoms. The summed E-state index contributed by atoms with van der Waals surface area (Å²) in [7, 11) is 0. The van der Waals surface area contributed by atoms with E-state index in [0.717, 1.165) is 5.69 Å². The molecular weight excluding hydrogens is 220 g/mol. The smallest absolute Gasteiger partial charge is 0.0991 e. The Morgan fingerprint density at radius 1 is 0.833 bits per heavy atom. The fraction of sp³-hybridized carbons (Fsp3) is 0.0625. The summed E-state index contributed by atoms with van der Waals surface area (Å²) in [4.78, 5) is 4.05. The van der Waals surface area contributed by atoms with Gasteiger partial charge >= 0.3 is 0 Å². The van der Waals surface area contributed by atoms with Crippen LogP contribution in [0.15, 0.2) is 67.3 Å². The van der Waals surface area contributed by atoms with Crippen molar-refractivity contribution < 1.29 is 0 Å². The molecule has 0 aliphatic carbocycles. The number of hydrogen-bond donors (Lipinski definition) is 0. The van der Waals surface area contributed by atoms with Crippen LogP contribution in [0, 0.1) is 6.92 Å². The third-order valence-electron chi connectivity index (χ3n) is 3.05. The Hall–Kier alpha value is -2.35. The fourth-order valence-corrected chi connectivity index (χ4v) is 1.98. The molecule has 0 radical (unpaired) electrons. The van der Waals surface area contributed by atoms with Crippen LogP contribution in [0.5, 0.6) is 0 Å². The van der Waals surface area contributed by atoms with Crippen LogP contribution in [-0.4, -0.2) is 9.55 Å². The number of benzene rings is 2. The summed E-state index contributed by atoms with van der Waals surface area (Å²) in [5, 5.41) is 0. The first-order chi connectivity index (χ1) is 8.83. The lowest BCUT2D eigenvalue weighted by molar-refractivity contribution is 1.06. The van der Waals surface area contributed by atoms with E-state index in [0.29, 0.717) is 0 Å². The largest absolute Gasteiger partial charge is 0.306 e. The van der Waals surface area contributed by atoms with Crippen molar-refractivity contribution in [3.05, 3.63) is 72.8 Å². The van der Waals surface area contributed by atoms with Crippen LogP contribution in [0.2, 0.25) is 0 Å². The molecule has 1 aromatic heterocycles. The number of imidazole rings is 1. The average molecular weight is 234 g/mol. The minimum Gasteiger partial charge on any atom is -0.306 e. The monoisotopic (exact) mass is 234 g/mol. The third-order valence-corrected chi connectivity index (χ3v) is 3.05. The predicted octanol–water partition coefficient (Wildman–Crippen LogP) is 3.85. The second-order valence-corrected chi connectivity index (χ2v) is 4.38. The third kappa shape index (κ3) is 2.05. The van der Waals surface area contributed by atoms with Gasteiger partial charge in [0.15, 0.2) is 0 Å². The molecular formula is C16H14N2. The SMILES string of the molecule is Cc1ccc(-c2ccc(-n3ccnc3)cc2)cc1. The topological polar surface area (TPSA) is 17.8 Å². The Bertz CT molecular complexity index is 620. The van der Waals surface area contributed by atoms with Crippen molar-refractivity contribution in [3.63, 3.8) is 0 Å². The lowest BCUT2D eigenvalue weighted by Gasteiger charge is -2.05. The van der Waals surface area contributed by atoms with Crippen LogP contribution >= 0.6 is 0 Å². The molecule has 2 aromatic carbocycles. The van der Waals surface area contributed by atoms with Crippen molar-refractivity contribution in [3.8, 4) is 16.8 Å². The number of aryl methyl sites for hydroxylation is 1. The lowest BCUT2D eigenvalue weighted by atomic mass is 10.0. The van der Waals surface area contributed by atoms with E-state index in [4.69, 9.17) is 0 Å². The zero-order valence-electron chi connectivity index (χ0n) is 10.2. The normalized spacial score (nSPS) is 10.5. The first kappa shape index (κ1) is 10.8. The van der Waals surface area contributed by atoms with Gasteiger partial charge in [0.2, 0.25) is 0 Å². The molecule has 3 rings (SSSR count).